The molecular formula is C15H13BrO2S2. The van der Waals surface area contributed by atoms with Crippen LogP contribution in [0, 0.1) is 0 Å². The molecule has 1 atom stereocenters. The second kappa shape index (κ2) is 5.76. The molecule has 0 fully saturated rings. The van der Waals surface area contributed by atoms with Crippen molar-refractivity contribution in [3.8, 4) is 11.5 Å². The minimum atomic E-state index is 0.108. The van der Waals surface area contributed by atoms with Gasteiger partial charge in [0.2, 0.25) is 0 Å². The molecule has 1 unspecified atom stereocenters. The van der Waals surface area contributed by atoms with Crippen LogP contribution in [0.15, 0.2) is 35.7 Å². The van der Waals surface area contributed by atoms with Gasteiger partial charge in [0.15, 0.2) is 0 Å². The third-order valence-electron chi connectivity index (χ3n) is 3.12. The number of alkyl halides is 1. The van der Waals surface area contributed by atoms with Gasteiger partial charge in [0.1, 0.15) is 11.5 Å². The topological polar surface area (TPSA) is 18.5 Å². The molecule has 2 heterocycles. The van der Waals surface area contributed by atoms with E-state index < -0.39 is 0 Å². The summed E-state index contributed by atoms with van der Waals surface area (Å²) in [6, 6.07) is 10.3. The Kier molecular flexibility index (Phi) is 4.01. The number of hydrogen-bond acceptors (Lipinski definition) is 4. The minimum Gasteiger partial charge on any atom is -0.497 e. The van der Waals surface area contributed by atoms with Crippen molar-refractivity contribution in [2.45, 2.75) is 4.83 Å². The Labute approximate surface area is 134 Å². The summed E-state index contributed by atoms with van der Waals surface area (Å²) in [5.41, 5.74) is 1.08. The molecule has 0 saturated heterocycles. The number of fused-ring (bicyclic) bond motifs is 1. The van der Waals surface area contributed by atoms with Gasteiger partial charge in [-0.2, -0.15) is 0 Å². The maximum atomic E-state index is 5.46. The molecule has 0 spiro atoms. The third kappa shape index (κ3) is 2.45. The molecule has 0 N–H and O–H groups in total. The Morgan fingerprint density at radius 1 is 1.05 bits per heavy atom. The highest BCUT2D eigenvalue weighted by atomic mass is 79.9. The summed E-state index contributed by atoms with van der Waals surface area (Å²) in [7, 11) is 3.37. The Balaban J connectivity index is 2.04. The van der Waals surface area contributed by atoms with Gasteiger partial charge in [-0.3, -0.25) is 0 Å². The molecule has 104 valence electrons. The summed E-state index contributed by atoms with van der Waals surface area (Å²) in [4.78, 5) is 1.38. The summed E-state index contributed by atoms with van der Waals surface area (Å²) >= 11 is 7.37. The van der Waals surface area contributed by atoms with Crippen LogP contribution in [0.25, 0.3) is 9.40 Å². The van der Waals surface area contributed by atoms with E-state index in [1.54, 1.807) is 36.9 Å². The number of ether oxygens (including phenoxy) is 2. The Morgan fingerprint density at radius 3 is 2.60 bits per heavy atom. The normalized spacial score (nSPS) is 12.6. The SMILES string of the molecule is COc1ccc(OC)c(C(Br)c2cc3sccc3s2)c1. The first-order chi connectivity index (χ1) is 9.72. The first kappa shape index (κ1) is 13.9. The number of methoxy groups -OCH3 is 2. The van der Waals surface area contributed by atoms with E-state index >= 15 is 0 Å². The molecule has 0 amide bonds. The number of benzene rings is 1. The molecule has 5 heteroatoms. The molecule has 1 aromatic carbocycles. The molecule has 0 radical (unpaired) electrons. The molecule has 2 aromatic heterocycles. The number of hydrogen-bond donors (Lipinski definition) is 0. The maximum Gasteiger partial charge on any atom is 0.123 e. The first-order valence-electron chi connectivity index (χ1n) is 6.06. The zero-order chi connectivity index (χ0) is 14.1. The zero-order valence-electron chi connectivity index (χ0n) is 11.1. The largest absolute Gasteiger partial charge is 0.497 e. The van der Waals surface area contributed by atoms with E-state index in [1.807, 2.05) is 18.2 Å². The van der Waals surface area contributed by atoms with E-state index in [0.29, 0.717) is 0 Å². The summed E-state index contributed by atoms with van der Waals surface area (Å²) in [6.45, 7) is 0. The molecule has 0 bridgehead atoms. The molecule has 0 aliphatic carbocycles. The van der Waals surface area contributed by atoms with Crippen molar-refractivity contribution in [3.63, 3.8) is 0 Å². The predicted octanol–water partition coefficient (Wildman–Crippen LogP) is 5.46. The van der Waals surface area contributed by atoms with Crippen molar-refractivity contribution in [1.82, 2.24) is 0 Å². The Hall–Kier alpha value is -1.04. The molecule has 0 aliphatic rings. The second-order valence-electron chi connectivity index (χ2n) is 4.27. The molecule has 20 heavy (non-hydrogen) atoms. The van der Waals surface area contributed by atoms with Gasteiger partial charge in [-0.25, -0.2) is 0 Å². The number of rotatable bonds is 4. The van der Waals surface area contributed by atoms with Gasteiger partial charge in [-0.05, 0) is 35.7 Å². The fourth-order valence-corrected chi connectivity index (χ4v) is 4.99. The quantitative estimate of drug-likeness (QED) is 0.568. The van der Waals surface area contributed by atoms with Crippen LogP contribution in [-0.4, -0.2) is 14.2 Å². The summed E-state index contributed by atoms with van der Waals surface area (Å²) in [6.07, 6.45) is 0. The molecule has 3 aromatic rings. The first-order valence-corrected chi connectivity index (χ1v) is 8.67. The average Bonchev–Trinajstić information content (AvgIpc) is 3.07. The lowest BCUT2D eigenvalue weighted by atomic mass is 10.1. The van der Waals surface area contributed by atoms with Gasteiger partial charge in [0.05, 0.1) is 19.0 Å². The number of halogens is 1. The summed E-state index contributed by atoms with van der Waals surface area (Å²) in [5, 5.41) is 2.13. The fourth-order valence-electron chi connectivity index (χ4n) is 2.10. The minimum absolute atomic E-state index is 0.108. The van der Waals surface area contributed by atoms with Crippen molar-refractivity contribution < 1.29 is 9.47 Å². The van der Waals surface area contributed by atoms with Crippen molar-refractivity contribution in [2.75, 3.05) is 14.2 Å². The van der Waals surface area contributed by atoms with Gasteiger partial charge in [-0.1, -0.05) is 15.9 Å². The highest BCUT2D eigenvalue weighted by Gasteiger charge is 2.19. The van der Waals surface area contributed by atoms with E-state index in [1.165, 1.54) is 14.3 Å². The lowest BCUT2D eigenvalue weighted by molar-refractivity contribution is 0.399. The fraction of sp³-hybridized carbons (Fsp3) is 0.200. The maximum absolute atomic E-state index is 5.46. The van der Waals surface area contributed by atoms with E-state index in [2.05, 4.69) is 33.4 Å². The molecule has 0 saturated carbocycles. The van der Waals surface area contributed by atoms with E-state index in [0.717, 1.165) is 17.1 Å². The smallest absolute Gasteiger partial charge is 0.123 e. The van der Waals surface area contributed by atoms with Crippen molar-refractivity contribution in [3.05, 3.63) is 46.2 Å². The highest BCUT2D eigenvalue weighted by molar-refractivity contribution is 9.09. The van der Waals surface area contributed by atoms with Crippen LogP contribution in [0.1, 0.15) is 15.3 Å². The third-order valence-corrected chi connectivity index (χ3v) is 6.57. The van der Waals surface area contributed by atoms with Gasteiger partial charge < -0.3 is 9.47 Å². The van der Waals surface area contributed by atoms with Crippen LogP contribution in [0.2, 0.25) is 0 Å². The van der Waals surface area contributed by atoms with Crippen LogP contribution in [-0.2, 0) is 0 Å². The Morgan fingerprint density at radius 2 is 1.90 bits per heavy atom. The van der Waals surface area contributed by atoms with Crippen molar-refractivity contribution in [1.29, 1.82) is 0 Å². The summed E-state index contributed by atoms with van der Waals surface area (Å²) in [5.74, 6) is 1.70. The van der Waals surface area contributed by atoms with Crippen LogP contribution >= 0.6 is 38.6 Å². The lowest BCUT2D eigenvalue weighted by Crippen LogP contribution is -1.96. The van der Waals surface area contributed by atoms with E-state index in [4.69, 9.17) is 9.47 Å². The lowest BCUT2D eigenvalue weighted by Gasteiger charge is -2.14. The molecule has 0 aliphatic heterocycles. The number of thiophene rings is 2. The Bertz CT molecular complexity index is 704. The van der Waals surface area contributed by atoms with Crippen LogP contribution in [0.4, 0.5) is 0 Å². The summed E-state index contributed by atoms with van der Waals surface area (Å²) < 4.78 is 13.4. The highest BCUT2D eigenvalue weighted by Crippen LogP contribution is 2.43. The standard InChI is InChI=1S/C15H13BrO2S2/c1-17-9-3-4-11(18-2)10(7-9)15(16)14-8-13-12(20-14)5-6-19-13/h3-8,15H,1-2H3. The van der Waals surface area contributed by atoms with Gasteiger partial charge >= 0.3 is 0 Å². The van der Waals surface area contributed by atoms with E-state index in [9.17, 15) is 0 Å². The van der Waals surface area contributed by atoms with E-state index in [-0.39, 0.29) is 4.83 Å². The zero-order valence-corrected chi connectivity index (χ0v) is 14.3. The predicted molar refractivity (Wildman–Crippen MR) is 90.0 cm³/mol. The molecule has 3 rings (SSSR count). The average molecular weight is 369 g/mol. The van der Waals surface area contributed by atoms with Gasteiger partial charge in [-0.15, -0.1) is 22.7 Å². The monoisotopic (exact) mass is 368 g/mol. The van der Waals surface area contributed by atoms with Crippen molar-refractivity contribution >= 4 is 48.0 Å². The molecule has 2 nitrogen and oxygen atoms in total. The van der Waals surface area contributed by atoms with Crippen LogP contribution in [0.3, 0.4) is 0 Å². The van der Waals surface area contributed by atoms with Crippen molar-refractivity contribution in [2.24, 2.45) is 0 Å². The molecular weight excluding hydrogens is 356 g/mol. The van der Waals surface area contributed by atoms with Gasteiger partial charge in [0.25, 0.3) is 0 Å². The van der Waals surface area contributed by atoms with Crippen LogP contribution in [0.5, 0.6) is 11.5 Å². The van der Waals surface area contributed by atoms with Gasteiger partial charge in [0, 0.05) is 19.8 Å². The van der Waals surface area contributed by atoms with Crippen LogP contribution < -0.4 is 9.47 Å². The second-order valence-corrected chi connectivity index (χ2v) is 7.25.